The maximum atomic E-state index is 3.83. The third-order valence-electron chi connectivity index (χ3n) is 1.28. The van der Waals surface area contributed by atoms with Gasteiger partial charge in [-0.3, -0.25) is 0 Å². The highest BCUT2D eigenvalue weighted by Gasteiger charge is 1.91. The second-order valence-corrected chi connectivity index (χ2v) is 2.71. The second-order valence-electron chi connectivity index (χ2n) is 2.71. The van der Waals surface area contributed by atoms with Crippen LogP contribution in [-0.2, 0) is 0 Å². The lowest BCUT2D eigenvalue weighted by Gasteiger charge is -2.13. The van der Waals surface area contributed by atoms with Gasteiger partial charge in [0.1, 0.15) is 0 Å². The zero-order chi connectivity index (χ0) is 8.27. The van der Waals surface area contributed by atoms with Crippen LogP contribution in [-0.4, -0.2) is 19.1 Å². The van der Waals surface area contributed by atoms with Crippen LogP contribution in [0.2, 0.25) is 0 Å². The van der Waals surface area contributed by atoms with Gasteiger partial charge in [0.25, 0.3) is 0 Å². The average Bonchev–Trinajstić information content (AvgIpc) is 1.85. The van der Waals surface area contributed by atoms with Gasteiger partial charge in [0.15, 0.2) is 0 Å². The number of nitrogens with one attached hydrogen (secondary N) is 1. The van der Waals surface area contributed by atoms with E-state index in [0.717, 1.165) is 11.3 Å². The summed E-state index contributed by atoms with van der Waals surface area (Å²) in [5.41, 5.74) is 5.24. The lowest BCUT2D eigenvalue weighted by atomic mass is 10.2. The third-order valence-corrected chi connectivity index (χ3v) is 1.28. The topological polar surface area (TPSA) is 15.3 Å². The van der Waals surface area contributed by atoms with E-state index < -0.39 is 0 Å². The number of anilines is 1. The van der Waals surface area contributed by atoms with Gasteiger partial charge >= 0.3 is 0 Å². The third kappa shape index (κ3) is 2.60. The molecule has 0 spiro atoms. The molecule has 1 aromatic rings. The van der Waals surface area contributed by atoms with Crippen LogP contribution < -0.4 is 5.43 Å². The standard InChI is InChI=1S/C9H13N2/c1-8-5-4-6-9(7-8)10-11(2)3/h4-7,10H,1H2,2-3H3. The van der Waals surface area contributed by atoms with E-state index in [1.165, 1.54) is 0 Å². The lowest BCUT2D eigenvalue weighted by molar-refractivity contribution is 0.495. The van der Waals surface area contributed by atoms with E-state index >= 15 is 0 Å². The van der Waals surface area contributed by atoms with Crippen molar-refractivity contribution in [3.8, 4) is 0 Å². The zero-order valence-electron chi connectivity index (χ0n) is 6.96. The summed E-state index contributed by atoms with van der Waals surface area (Å²) in [6.07, 6.45) is 0. The molecule has 0 fully saturated rings. The molecule has 0 atom stereocenters. The summed E-state index contributed by atoms with van der Waals surface area (Å²) >= 11 is 0. The first kappa shape index (κ1) is 8.08. The number of hydrazine groups is 1. The fourth-order valence-electron chi connectivity index (χ4n) is 0.899. The Bertz CT molecular complexity index is 231. The lowest BCUT2D eigenvalue weighted by Crippen LogP contribution is -2.19. The minimum atomic E-state index is 1.02. The van der Waals surface area contributed by atoms with Gasteiger partial charge in [-0.15, -0.1) is 0 Å². The molecule has 11 heavy (non-hydrogen) atoms. The normalized spacial score (nSPS) is 10.2. The van der Waals surface area contributed by atoms with E-state index in [1.807, 2.05) is 43.4 Å². The number of benzene rings is 1. The first-order chi connectivity index (χ1) is 5.18. The fourth-order valence-corrected chi connectivity index (χ4v) is 0.899. The van der Waals surface area contributed by atoms with Crippen molar-refractivity contribution in [2.45, 2.75) is 0 Å². The summed E-state index contributed by atoms with van der Waals surface area (Å²) in [6.45, 7) is 3.83. The Hall–Kier alpha value is -1.02. The quantitative estimate of drug-likeness (QED) is 0.644. The summed E-state index contributed by atoms with van der Waals surface area (Å²) in [7, 11) is 3.91. The molecule has 2 heteroatoms. The highest BCUT2D eigenvalue weighted by molar-refractivity contribution is 5.45. The van der Waals surface area contributed by atoms with Gasteiger partial charge in [-0.2, -0.15) is 0 Å². The van der Waals surface area contributed by atoms with E-state index in [0.29, 0.717) is 0 Å². The molecule has 59 valence electrons. The first-order valence-electron chi connectivity index (χ1n) is 3.54. The highest BCUT2D eigenvalue weighted by atomic mass is 15.5. The molecule has 0 aliphatic heterocycles. The first-order valence-corrected chi connectivity index (χ1v) is 3.54. The SMILES string of the molecule is [CH2]c1cccc(NN(C)C)c1. The summed E-state index contributed by atoms with van der Waals surface area (Å²) in [5.74, 6) is 0. The molecule has 1 radical (unpaired) electrons. The van der Waals surface area contributed by atoms with Crippen LogP contribution in [0.3, 0.4) is 0 Å². The molecular formula is C9H13N2. The maximum absolute atomic E-state index is 3.83. The smallest absolute Gasteiger partial charge is 0.0492 e. The van der Waals surface area contributed by atoms with Crippen molar-refractivity contribution in [1.82, 2.24) is 5.01 Å². The van der Waals surface area contributed by atoms with Crippen molar-refractivity contribution in [1.29, 1.82) is 0 Å². The van der Waals surface area contributed by atoms with Crippen molar-refractivity contribution in [3.63, 3.8) is 0 Å². The Kier molecular flexibility index (Phi) is 2.49. The van der Waals surface area contributed by atoms with Crippen LogP contribution in [0.4, 0.5) is 5.69 Å². The Balaban J connectivity index is 2.71. The van der Waals surface area contributed by atoms with E-state index in [9.17, 15) is 0 Å². The molecular weight excluding hydrogens is 136 g/mol. The van der Waals surface area contributed by atoms with E-state index in [-0.39, 0.29) is 0 Å². The van der Waals surface area contributed by atoms with Crippen LogP contribution in [0, 0.1) is 6.92 Å². The summed E-state index contributed by atoms with van der Waals surface area (Å²) < 4.78 is 0. The molecule has 2 nitrogen and oxygen atoms in total. The van der Waals surface area contributed by atoms with Crippen LogP contribution in [0.5, 0.6) is 0 Å². The number of rotatable bonds is 2. The van der Waals surface area contributed by atoms with Gasteiger partial charge in [0, 0.05) is 19.8 Å². The molecule has 0 aliphatic carbocycles. The van der Waals surface area contributed by atoms with Crippen LogP contribution in [0.15, 0.2) is 24.3 Å². The molecule has 0 unspecified atom stereocenters. The molecule has 1 rings (SSSR count). The highest BCUT2D eigenvalue weighted by Crippen LogP contribution is 2.08. The zero-order valence-corrected chi connectivity index (χ0v) is 6.96. The van der Waals surface area contributed by atoms with Crippen LogP contribution in [0.1, 0.15) is 5.56 Å². The molecule has 0 saturated carbocycles. The van der Waals surface area contributed by atoms with Crippen LogP contribution >= 0.6 is 0 Å². The van der Waals surface area contributed by atoms with Gasteiger partial charge < -0.3 is 5.43 Å². The Morgan fingerprint density at radius 2 is 2.09 bits per heavy atom. The minimum Gasteiger partial charge on any atom is -0.319 e. The van der Waals surface area contributed by atoms with Gasteiger partial charge in [0.2, 0.25) is 0 Å². The van der Waals surface area contributed by atoms with E-state index in [1.54, 1.807) is 0 Å². The van der Waals surface area contributed by atoms with Gasteiger partial charge in [0.05, 0.1) is 0 Å². The molecule has 0 heterocycles. The van der Waals surface area contributed by atoms with E-state index in [2.05, 4.69) is 12.3 Å². The minimum absolute atomic E-state index is 1.02. The van der Waals surface area contributed by atoms with Crippen LogP contribution in [0.25, 0.3) is 0 Å². The molecule has 1 aromatic carbocycles. The van der Waals surface area contributed by atoms with Gasteiger partial charge in [-0.1, -0.05) is 12.1 Å². The predicted octanol–water partition coefficient (Wildman–Crippen LogP) is 1.76. The monoisotopic (exact) mass is 149 g/mol. The Morgan fingerprint density at radius 3 is 2.64 bits per heavy atom. The number of nitrogens with zero attached hydrogens (tertiary/aromatic N) is 1. The van der Waals surface area contributed by atoms with E-state index in [4.69, 9.17) is 0 Å². The number of hydrogen-bond acceptors (Lipinski definition) is 2. The molecule has 0 aromatic heterocycles. The molecule has 0 amide bonds. The fraction of sp³-hybridized carbons (Fsp3) is 0.222. The van der Waals surface area contributed by atoms with Crippen molar-refractivity contribution in [2.75, 3.05) is 19.5 Å². The predicted molar refractivity (Wildman–Crippen MR) is 48.2 cm³/mol. The molecule has 1 N–H and O–H groups in total. The van der Waals surface area contributed by atoms with Crippen molar-refractivity contribution < 1.29 is 0 Å². The van der Waals surface area contributed by atoms with Crippen molar-refractivity contribution in [2.24, 2.45) is 0 Å². The summed E-state index contributed by atoms with van der Waals surface area (Å²) in [4.78, 5) is 0. The maximum Gasteiger partial charge on any atom is 0.0492 e. The van der Waals surface area contributed by atoms with Gasteiger partial charge in [-0.05, 0) is 24.6 Å². The van der Waals surface area contributed by atoms with Crippen molar-refractivity contribution >= 4 is 5.69 Å². The average molecular weight is 149 g/mol. The molecule has 0 saturated heterocycles. The summed E-state index contributed by atoms with van der Waals surface area (Å²) in [5, 5.41) is 1.90. The number of hydrogen-bond donors (Lipinski definition) is 1. The molecule has 0 bridgehead atoms. The second kappa shape index (κ2) is 3.39. The van der Waals surface area contributed by atoms with Gasteiger partial charge in [-0.25, -0.2) is 5.01 Å². The largest absolute Gasteiger partial charge is 0.319 e. The van der Waals surface area contributed by atoms with Crippen molar-refractivity contribution in [3.05, 3.63) is 36.8 Å². The Labute approximate surface area is 67.8 Å². The summed E-state index contributed by atoms with van der Waals surface area (Å²) in [6, 6.07) is 7.96. The Morgan fingerprint density at radius 1 is 1.36 bits per heavy atom. The molecule has 0 aliphatic rings.